The first-order valence-electron chi connectivity index (χ1n) is 6.63. The fraction of sp³-hybridized carbons (Fsp3) is 0.0556. The number of anilines is 1. The molecule has 0 unspecified atom stereocenters. The molecule has 0 fully saturated rings. The first-order chi connectivity index (χ1) is 10.2. The van der Waals surface area contributed by atoms with Crippen molar-refractivity contribution in [2.24, 2.45) is 7.05 Å². The molecule has 102 valence electrons. The van der Waals surface area contributed by atoms with E-state index in [1.165, 1.54) is 0 Å². The molecule has 2 aromatic carbocycles. The third-order valence-corrected chi connectivity index (χ3v) is 3.44. The van der Waals surface area contributed by atoms with Gasteiger partial charge in [0.1, 0.15) is 5.69 Å². The topological polar surface area (TPSA) is 48.0 Å². The molecular weight excluding hydrogens is 260 g/mol. The number of hydrogen-bond acceptors (Lipinski definition) is 2. The largest absolute Gasteiger partial charge is 0.393 e. The molecule has 0 amide bonds. The van der Waals surface area contributed by atoms with Crippen molar-refractivity contribution in [3.63, 3.8) is 0 Å². The first kappa shape index (κ1) is 13.0. The van der Waals surface area contributed by atoms with E-state index in [9.17, 15) is 4.79 Å². The predicted octanol–water partition coefficient (Wildman–Crippen LogP) is 2.52. The van der Waals surface area contributed by atoms with Gasteiger partial charge in [-0.1, -0.05) is 48.2 Å². The number of aromatic nitrogens is 1. The number of rotatable bonds is 0. The van der Waals surface area contributed by atoms with Crippen molar-refractivity contribution in [1.29, 1.82) is 0 Å². The Morgan fingerprint density at radius 2 is 1.62 bits per heavy atom. The molecule has 21 heavy (non-hydrogen) atoms. The smallest absolute Gasteiger partial charge is 0.275 e. The van der Waals surface area contributed by atoms with Crippen molar-refractivity contribution < 1.29 is 0 Å². The molecule has 3 nitrogen and oxygen atoms in total. The summed E-state index contributed by atoms with van der Waals surface area (Å²) in [6.07, 6.45) is 0. The van der Waals surface area contributed by atoms with E-state index >= 15 is 0 Å². The monoisotopic (exact) mass is 274 g/mol. The standard InChI is InChI=1S/C18H14N2O/c1-20-16-10-6-5-9-14(16)15(17(19)18(20)21)12-11-13-7-3-2-4-8-13/h2-10H,19H2,1H3. The maximum absolute atomic E-state index is 12.2. The first-order valence-corrected chi connectivity index (χ1v) is 6.63. The van der Waals surface area contributed by atoms with Crippen LogP contribution in [0.1, 0.15) is 11.1 Å². The van der Waals surface area contributed by atoms with Gasteiger partial charge in [-0.25, -0.2) is 0 Å². The van der Waals surface area contributed by atoms with Crippen LogP contribution in [0, 0.1) is 11.8 Å². The molecule has 0 aliphatic rings. The van der Waals surface area contributed by atoms with Gasteiger partial charge in [0.15, 0.2) is 0 Å². The summed E-state index contributed by atoms with van der Waals surface area (Å²) in [5.74, 6) is 6.11. The van der Waals surface area contributed by atoms with E-state index in [1.807, 2.05) is 54.6 Å². The summed E-state index contributed by atoms with van der Waals surface area (Å²) >= 11 is 0. The highest BCUT2D eigenvalue weighted by molar-refractivity contribution is 5.90. The Kier molecular flexibility index (Phi) is 3.21. The maximum atomic E-state index is 12.2. The predicted molar refractivity (Wildman–Crippen MR) is 86.0 cm³/mol. The number of pyridine rings is 1. The molecule has 1 heterocycles. The number of benzene rings is 2. The van der Waals surface area contributed by atoms with Crippen molar-refractivity contribution >= 4 is 16.6 Å². The number of hydrogen-bond donors (Lipinski definition) is 1. The van der Waals surface area contributed by atoms with Crippen LogP contribution in [0.15, 0.2) is 59.4 Å². The van der Waals surface area contributed by atoms with E-state index in [1.54, 1.807) is 11.6 Å². The maximum Gasteiger partial charge on any atom is 0.275 e. The second-order valence-electron chi connectivity index (χ2n) is 4.79. The van der Waals surface area contributed by atoms with Gasteiger partial charge in [0.2, 0.25) is 0 Å². The van der Waals surface area contributed by atoms with Gasteiger partial charge in [-0.3, -0.25) is 4.79 Å². The lowest BCUT2D eigenvalue weighted by Crippen LogP contribution is -2.22. The Balaban J connectivity index is 2.29. The quantitative estimate of drug-likeness (QED) is 0.640. The molecule has 0 aliphatic heterocycles. The number of para-hydroxylation sites is 1. The van der Waals surface area contributed by atoms with Crippen LogP contribution in [0.2, 0.25) is 0 Å². The van der Waals surface area contributed by atoms with Gasteiger partial charge < -0.3 is 10.3 Å². The number of aryl methyl sites for hydroxylation is 1. The van der Waals surface area contributed by atoms with Gasteiger partial charge in [-0.05, 0) is 18.2 Å². The Bertz CT molecular complexity index is 928. The highest BCUT2D eigenvalue weighted by Gasteiger charge is 2.10. The van der Waals surface area contributed by atoms with Gasteiger partial charge in [0, 0.05) is 18.0 Å². The second-order valence-corrected chi connectivity index (χ2v) is 4.79. The zero-order valence-corrected chi connectivity index (χ0v) is 11.6. The molecule has 0 saturated heterocycles. The fourth-order valence-electron chi connectivity index (χ4n) is 2.31. The minimum absolute atomic E-state index is 0.194. The Hall–Kier alpha value is -2.99. The molecule has 1 aromatic heterocycles. The Labute approximate surface area is 122 Å². The summed E-state index contributed by atoms with van der Waals surface area (Å²) in [6, 6.07) is 17.3. The third kappa shape index (κ3) is 2.28. The van der Waals surface area contributed by atoms with E-state index in [2.05, 4.69) is 11.8 Å². The van der Waals surface area contributed by atoms with E-state index in [4.69, 9.17) is 5.73 Å². The van der Waals surface area contributed by atoms with E-state index in [-0.39, 0.29) is 11.2 Å². The lowest BCUT2D eigenvalue weighted by Gasteiger charge is -2.09. The zero-order chi connectivity index (χ0) is 14.8. The van der Waals surface area contributed by atoms with E-state index in [0.29, 0.717) is 5.56 Å². The van der Waals surface area contributed by atoms with Gasteiger partial charge in [0.25, 0.3) is 5.56 Å². The molecule has 3 rings (SSSR count). The molecule has 0 bridgehead atoms. The van der Waals surface area contributed by atoms with Crippen molar-refractivity contribution in [2.45, 2.75) is 0 Å². The normalized spacial score (nSPS) is 10.1. The third-order valence-electron chi connectivity index (χ3n) is 3.44. The van der Waals surface area contributed by atoms with Crippen LogP contribution in [-0.2, 0) is 7.05 Å². The molecule has 0 aliphatic carbocycles. The Morgan fingerprint density at radius 1 is 0.952 bits per heavy atom. The average Bonchev–Trinajstić information content (AvgIpc) is 2.54. The van der Waals surface area contributed by atoms with Crippen molar-refractivity contribution in [3.05, 3.63) is 76.1 Å². The van der Waals surface area contributed by atoms with Gasteiger partial charge in [-0.2, -0.15) is 0 Å². The van der Waals surface area contributed by atoms with Crippen molar-refractivity contribution in [1.82, 2.24) is 4.57 Å². The summed E-state index contributed by atoms with van der Waals surface area (Å²) in [5.41, 5.74) is 8.27. The van der Waals surface area contributed by atoms with E-state index < -0.39 is 0 Å². The highest BCUT2D eigenvalue weighted by atomic mass is 16.1. The molecule has 0 atom stereocenters. The molecule has 0 radical (unpaired) electrons. The zero-order valence-electron chi connectivity index (χ0n) is 11.6. The SMILES string of the molecule is Cn1c(=O)c(N)c(C#Cc2ccccc2)c2ccccc21. The van der Waals surface area contributed by atoms with Crippen LogP contribution in [0.4, 0.5) is 5.69 Å². The lowest BCUT2D eigenvalue weighted by atomic mass is 10.1. The minimum Gasteiger partial charge on any atom is -0.393 e. The molecule has 2 N–H and O–H groups in total. The van der Waals surface area contributed by atoms with Crippen LogP contribution in [0.25, 0.3) is 10.9 Å². The lowest BCUT2D eigenvalue weighted by molar-refractivity contribution is 0.909. The van der Waals surface area contributed by atoms with Gasteiger partial charge >= 0.3 is 0 Å². The fourth-order valence-corrected chi connectivity index (χ4v) is 2.31. The highest BCUT2D eigenvalue weighted by Crippen LogP contribution is 2.20. The Morgan fingerprint density at radius 3 is 2.38 bits per heavy atom. The minimum atomic E-state index is -0.217. The number of nitrogens with zero attached hydrogens (tertiary/aromatic N) is 1. The van der Waals surface area contributed by atoms with Crippen molar-refractivity contribution in [3.8, 4) is 11.8 Å². The summed E-state index contributed by atoms with van der Waals surface area (Å²) in [7, 11) is 1.72. The van der Waals surface area contributed by atoms with Gasteiger partial charge in [-0.15, -0.1) is 0 Å². The number of fused-ring (bicyclic) bond motifs is 1. The van der Waals surface area contributed by atoms with Crippen LogP contribution in [0.5, 0.6) is 0 Å². The number of nitrogens with two attached hydrogens (primary N) is 1. The van der Waals surface area contributed by atoms with Crippen molar-refractivity contribution in [2.75, 3.05) is 5.73 Å². The second kappa shape index (κ2) is 5.18. The van der Waals surface area contributed by atoms with Crippen LogP contribution in [0.3, 0.4) is 0 Å². The molecule has 3 aromatic rings. The van der Waals surface area contributed by atoms with Crippen LogP contribution >= 0.6 is 0 Å². The van der Waals surface area contributed by atoms with E-state index in [0.717, 1.165) is 16.5 Å². The summed E-state index contributed by atoms with van der Waals surface area (Å²) < 4.78 is 1.55. The summed E-state index contributed by atoms with van der Waals surface area (Å²) in [6.45, 7) is 0. The molecule has 0 spiro atoms. The molecule has 0 saturated carbocycles. The van der Waals surface area contributed by atoms with Crippen LogP contribution in [-0.4, -0.2) is 4.57 Å². The molecular formula is C18H14N2O. The molecule has 3 heteroatoms. The summed E-state index contributed by atoms with van der Waals surface area (Å²) in [5, 5.41) is 0.889. The summed E-state index contributed by atoms with van der Waals surface area (Å²) in [4.78, 5) is 12.2. The van der Waals surface area contributed by atoms with Crippen LogP contribution < -0.4 is 11.3 Å². The van der Waals surface area contributed by atoms with Gasteiger partial charge in [0.05, 0.1) is 11.1 Å². The average molecular weight is 274 g/mol. The number of nitrogen functional groups attached to an aromatic ring is 1.